The van der Waals surface area contributed by atoms with Gasteiger partial charge in [0.1, 0.15) is 0 Å². The molecule has 0 saturated carbocycles. The lowest BCUT2D eigenvalue weighted by Crippen LogP contribution is -2.36. The number of carbonyl (C=O) groups excluding carboxylic acids is 3. The molecule has 0 aliphatic rings. The molecule has 2 aromatic carbocycles. The van der Waals surface area contributed by atoms with E-state index in [1.54, 1.807) is 56.3 Å². The van der Waals surface area contributed by atoms with E-state index < -0.39 is 23.2 Å². The van der Waals surface area contributed by atoms with Crippen LogP contribution < -0.4 is 16.0 Å². The Kier molecular flexibility index (Phi) is 9.04. The second kappa shape index (κ2) is 11.7. The van der Waals surface area contributed by atoms with E-state index >= 15 is 0 Å². The first-order valence-electron chi connectivity index (χ1n) is 9.52. The van der Waals surface area contributed by atoms with E-state index in [0.29, 0.717) is 21.2 Å². The minimum Gasteiger partial charge on any atom is -0.606 e. The normalized spacial score (nSPS) is 11.9. The molecule has 3 N–H and O–H groups in total. The van der Waals surface area contributed by atoms with Gasteiger partial charge in [-0.2, -0.15) is 4.99 Å². The van der Waals surface area contributed by atoms with Crippen LogP contribution in [0.5, 0.6) is 0 Å². The predicted octanol–water partition coefficient (Wildman–Crippen LogP) is 3.26. The fourth-order valence-electron chi connectivity index (χ4n) is 2.34. The van der Waals surface area contributed by atoms with Gasteiger partial charge in [0.05, 0.1) is 18.5 Å². The van der Waals surface area contributed by atoms with Gasteiger partial charge in [0.15, 0.2) is 9.79 Å². The van der Waals surface area contributed by atoms with Crippen molar-refractivity contribution in [2.24, 2.45) is 4.99 Å². The summed E-state index contributed by atoms with van der Waals surface area (Å²) in [5.41, 5.74) is 0.659. The molecule has 1 unspecified atom stereocenters. The second-order valence-corrected chi connectivity index (χ2v) is 7.62. The number of rotatable bonds is 6. The molecule has 1 atom stereocenters. The number of ether oxygens (including phenoxy) is 1. The monoisotopic (exact) mass is 444 g/mol. The summed E-state index contributed by atoms with van der Waals surface area (Å²) >= 11 is -1.47. The molecule has 0 heterocycles. The molecule has 0 saturated heterocycles. The summed E-state index contributed by atoms with van der Waals surface area (Å²) in [5.74, 6) is -0.905. The maximum atomic E-state index is 12.9. The van der Waals surface area contributed by atoms with Crippen LogP contribution in [0.15, 0.2) is 63.3 Å². The predicted molar refractivity (Wildman–Crippen MR) is 118 cm³/mol. The standard InChI is InChI=1S/C21H24N4O5S/c1-4-18(26)22-17-13-15(31(29)14-9-7-6-8-10-14)11-12-16(17)23-20(24-19(27)5-2)25-21(28)30-3/h6-13H,4-5H2,1-3H3,(H,22,26)(H2,23,24,25,27,28). The highest BCUT2D eigenvalue weighted by atomic mass is 32.2. The van der Waals surface area contributed by atoms with Gasteiger partial charge in [-0.05, 0) is 24.3 Å². The average Bonchev–Trinajstić information content (AvgIpc) is 2.79. The van der Waals surface area contributed by atoms with Crippen molar-refractivity contribution >= 4 is 46.4 Å². The molecule has 31 heavy (non-hydrogen) atoms. The molecule has 9 nitrogen and oxygen atoms in total. The van der Waals surface area contributed by atoms with Crippen LogP contribution in [0.3, 0.4) is 0 Å². The number of hydrogen-bond acceptors (Lipinski definition) is 5. The summed E-state index contributed by atoms with van der Waals surface area (Å²) in [6, 6.07) is 13.6. The Balaban J connectivity index is 2.42. The molecule has 2 aromatic rings. The number of amides is 3. The molecule has 0 bridgehead atoms. The second-order valence-electron chi connectivity index (χ2n) is 6.14. The quantitative estimate of drug-likeness (QED) is 0.356. The molecule has 3 amide bonds. The Labute approximate surface area is 183 Å². The summed E-state index contributed by atoms with van der Waals surface area (Å²) in [5, 5.41) is 7.87. The van der Waals surface area contributed by atoms with Gasteiger partial charge in [-0.15, -0.1) is 0 Å². The van der Waals surface area contributed by atoms with Crippen molar-refractivity contribution in [1.82, 2.24) is 5.32 Å². The maximum Gasteiger partial charge on any atom is 0.413 e. The van der Waals surface area contributed by atoms with Crippen LogP contribution >= 0.6 is 0 Å². The van der Waals surface area contributed by atoms with Crippen molar-refractivity contribution in [3.63, 3.8) is 0 Å². The van der Waals surface area contributed by atoms with Crippen LogP contribution in [0.1, 0.15) is 26.7 Å². The molecule has 2 rings (SSSR count). The number of carbonyl (C=O) groups is 3. The van der Waals surface area contributed by atoms with E-state index in [1.165, 1.54) is 7.11 Å². The largest absolute Gasteiger partial charge is 0.606 e. The SMILES string of the molecule is CCC(=O)N=C(NC(=O)OC)Nc1ccc([S+]([O-])c2ccccc2)cc1NC(=O)CC. The van der Waals surface area contributed by atoms with Gasteiger partial charge in [0, 0.05) is 30.1 Å². The van der Waals surface area contributed by atoms with Crippen LogP contribution in [-0.4, -0.2) is 35.5 Å². The molecular weight excluding hydrogens is 420 g/mol. The van der Waals surface area contributed by atoms with Gasteiger partial charge < -0.3 is 19.9 Å². The van der Waals surface area contributed by atoms with Crippen LogP contribution in [-0.2, 0) is 25.5 Å². The van der Waals surface area contributed by atoms with E-state index in [2.05, 4.69) is 25.7 Å². The number of benzene rings is 2. The fourth-order valence-corrected chi connectivity index (χ4v) is 3.43. The van der Waals surface area contributed by atoms with Crippen LogP contribution in [0.2, 0.25) is 0 Å². The van der Waals surface area contributed by atoms with Gasteiger partial charge in [0.25, 0.3) is 0 Å². The molecule has 10 heteroatoms. The number of alkyl carbamates (subject to hydrolysis) is 1. The first-order chi connectivity index (χ1) is 14.9. The fraction of sp³-hybridized carbons (Fsp3) is 0.238. The summed E-state index contributed by atoms with van der Waals surface area (Å²) in [4.78, 5) is 40.3. The number of nitrogens with one attached hydrogen (secondary N) is 3. The van der Waals surface area contributed by atoms with Crippen molar-refractivity contribution in [3.05, 3.63) is 48.5 Å². The Morgan fingerprint density at radius 1 is 0.968 bits per heavy atom. The summed E-state index contributed by atoms with van der Waals surface area (Å²) in [6.45, 7) is 3.32. The van der Waals surface area contributed by atoms with E-state index in [4.69, 9.17) is 0 Å². The molecular formula is C21H24N4O5S. The van der Waals surface area contributed by atoms with E-state index in [0.717, 1.165) is 0 Å². The number of nitrogens with zero attached hydrogens (tertiary/aromatic N) is 1. The molecule has 0 aliphatic heterocycles. The minimum atomic E-state index is -1.47. The lowest BCUT2D eigenvalue weighted by atomic mass is 10.2. The third-order valence-corrected chi connectivity index (χ3v) is 5.34. The third kappa shape index (κ3) is 7.12. The topological polar surface area (TPSA) is 132 Å². The van der Waals surface area contributed by atoms with E-state index in [9.17, 15) is 18.9 Å². The highest BCUT2D eigenvalue weighted by Crippen LogP contribution is 2.29. The van der Waals surface area contributed by atoms with E-state index in [-0.39, 0.29) is 24.7 Å². The summed E-state index contributed by atoms with van der Waals surface area (Å²) in [7, 11) is 1.18. The summed E-state index contributed by atoms with van der Waals surface area (Å²) < 4.78 is 17.4. The Bertz CT molecular complexity index is 965. The molecule has 0 radical (unpaired) electrons. The van der Waals surface area contributed by atoms with Crippen molar-refractivity contribution < 1.29 is 23.7 Å². The molecule has 0 spiro atoms. The van der Waals surface area contributed by atoms with Gasteiger partial charge >= 0.3 is 6.09 Å². The number of aliphatic imine (C=N–C) groups is 1. The number of guanidine groups is 1. The minimum absolute atomic E-state index is 0.127. The van der Waals surface area contributed by atoms with E-state index in [1.807, 2.05) is 6.07 Å². The average molecular weight is 445 g/mol. The third-order valence-electron chi connectivity index (χ3n) is 3.96. The first kappa shape index (κ1) is 23.9. The van der Waals surface area contributed by atoms with Crippen molar-refractivity contribution in [2.75, 3.05) is 17.7 Å². The Morgan fingerprint density at radius 3 is 2.29 bits per heavy atom. The lowest BCUT2D eigenvalue weighted by molar-refractivity contribution is -0.117. The highest BCUT2D eigenvalue weighted by molar-refractivity contribution is 7.91. The Hall–Kier alpha value is -3.37. The van der Waals surface area contributed by atoms with Crippen LogP contribution in [0.4, 0.5) is 16.2 Å². The molecule has 0 aliphatic carbocycles. The van der Waals surface area contributed by atoms with Crippen molar-refractivity contribution in [3.8, 4) is 0 Å². The van der Waals surface area contributed by atoms with Gasteiger partial charge in [-0.25, -0.2) is 4.79 Å². The smallest absolute Gasteiger partial charge is 0.413 e. The number of anilines is 2. The zero-order chi connectivity index (χ0) is 22.8. The first-order valence-corrected chi connectivity index (χ1v) is 10.7. The Morgan fingerprint density at radius 2 is 1.68 bits per heavy atom. The zero-order valence-corrected chi connectivity index (χ0v) is 18.2. The molecule has 0 aromatic heterocycles. The van der Waals surface area contributed by atoms with Crippen molar-refractivity contribution in [2.45, 2.75) is 36.5 Å². The number of hydrogen-bond donors (Lipinski definition) is 3. The highest BCUT2D eigenvalue weighted by Gasteiger charge is 2.19. The van der Waals surface area contributed by atoms with Gasteiger partial charge in [-0.3, -0.25) is 14.9 Å². The molecule has 0 fully saturated rings. The van der Waals surface area contributed by atoms with Crippen molar-refractivity contribution in [1.29, 1.82) is 0 Å². The maximum absolute atomic E-state index is 12.9. The number of methoxy groups -OCH3 is 1. The molecule has 164 valence electrons. The summed E-state index contributed by atoms with van der Waals surface area (Å²) in [6.07, 6.45) is -0.472. The zero-order valence-electron chi connectivity index (χ0n) is 17.4. The van der Waals surface area contributed by atoms with Gasteiger partial charge in [0.2, 0.25) is 17.8 Å². The lowest BCUT2D eigenvalue weighted by Gasteiger charge is -2.17. The van der Waals surface area contributed by atoms with Gasteiger partial charge in [-0.1, -0.05) is 32.0 Å². The van der Waals surface area contributed by atoms with Crippen LogP contribution in [0.25, 0.3) is 0 Å². The van der Waals surface area contributed by atoms with Crippen LogP contribution in [0, 0.1) is 0 Å².